The van der Waals surface area contributed by atoms with Crippen LogP contribution in [0.3, 0.4) is 0 Å². The molecule has 2 N–H and O–H groups in total. The van der Waals surface area contributed by atoms with Gasteiger partial charge in [-0.3, -0.25) is 4.68 Å². The van der Waals surface area contributed by atoms with Crippen LogP contribution in [-0.4, -0.2) is 26.1 Å². The zero-order valence-corrected chi connectivity index (χ0v) is 9.78. The Bertz CT molecular complexity index is 314. The number of hydrogen-bond acceptors (Lipinski definition) is 3. The standard InChI is InChI=1S/C10H17ClN2O2/c1-3-5-8(14)10(15)9-7(11)6-12-13(9)4-2/h6,8,10,14-15H,3-5H2,1-2H3. The topological polar surface area (TPSA) is 58.3 Å². The average Bonchev–Trinajstić information content (AvgIpc) is 2.58. The number of aryl methyl sites for hydroxylation is 1. The van der Waals surface area contributed by atoms with Crippen molar-refractivity contribution in [1.82, 2.24) is 9.78 Å². The van der Waals surface area contributed by atoms with Crippen molar-refractivity contribution in [1.29, 1.82) is 0 Å². The summed E-state index contributed by atoms with van der Waals surface area (Å²) in [6.45, 7) is 4.48. The summed E-state index contributed by atoms with van der Waals surface area (Å²) in [6.07, 6.45) is 1.11. The highest BCUT2D eigenvalue weighted by atomic mass is 35.5. The minimum atomic E-state index is -0.958. The molecule has 5 heteroatoms. The Morgan fingerprint density at radius 3 is 2.67 bits per heavy atom. The smallest absolute Gasteiger partial charge is 0.123 e. The fourth-order valence-electron chi connectivity index (χ4n) is 1.55. The van der Waals surface area contributed by atoms with E-state index in [0.29, 0.717) is 23.7 Å². The molecule has 0 aromatic carbocycles. The highest BCUT2D eigenvalue weighted by molar-refractivity contribution is 6.31. The van der Waals surface area contributed by atoms with Crippen LogP contribution in [0.15, 0.2) is 6.20 Å². The fraction of sp³-hybridized carbons (Fsp3) is 0.700. The van der Waals surface area contributed by atoms with E-state index >= 15 is 0 Å². The molecule has 0 spiro atoms. The van der Waals surface area contributed by atoms with Crippen LogP contribution >= 0.6 is 11.6 Å². The zero-order chi connectivity index (χ0) is 11.4. The molecule has 1 aromatic heterocycles. The van der Waals surface area contributed by atoms with Gasteiger partial charge in [0.15, 0.2) is 0 Å². The second-order valence-electron chi connectivity index (χ2n) is 3.49. The minimum absolute atomic E-state index is 0.402. The molecule has 2 unspecified atom stereocenters. The number of hydrogen-bond donors (Lipinski definition) is 2. The van der Waals surface area contributed by atoms with Crippen molar-refractivity contribution in [2.75, 3.05) is 0 Å². The maximum atomic E-state index is 9.91. The number of aromatic nitrogens is 2. The lowest BCUT2D eigenvalue weighted by Gasteiger charge is -2.18. The highest BCUT2D eigenvalue weighted by Gasteiger charge is 2.23. The summed E-state index contributed by atoms with van der Waals surface area (Å²) < 4.78 is 1.60. The first-order chi connectivity index (χ1) is 7.11. The molecular weight excluding hydrogens is 216 g/mol. The van der Waals surface area contributed by atoms with Crippen LogP contribution in [0.2, 0.25) is 5.02 Å². The van der Waals surface area contributed by atoms with E-state index in [-0.39, 0.29) is 0 Å². The summed E-state index contributed by atoms with van der Waals surface area (Å²) in [6, 6.07) is 0. The van der Waals surface area contributed by atoms with Crippen LogP contribution in [0, 0.1) is 0 Å². The van der Waals surface area contributed by atoms with E-state index in [9.17, 15) is 10.2 Å². The van der Waals surface area contributed by atoms with Crippen molar-refractivity contribution < 1.29 is 10.2 Å². The third-order valence-electron chi connectivity index (χ3n) is 2.36. The SMILES string of the molecule is CCCC(O)C(O)c1c(Cl)cnn1CC. The number of halogens is 1. The molecule has 1 heterocycles. The minimum Gasteiger partial charge on any atom is -0.390 e. The third-order valence-corrected chi connectivity index (χ3v) is 2.65. The molecule has 0 aliphatic heterocycles. The summed E-state index contributed by atoms with van der Waals surface area (Å²) in [4.78, 5) is 0. The van der Waals surface area contributed by atoms with Crippen molar-refractivity contribution >= 4 is 11.6 Å². The monoisotopic (exact) mass is 232 g/mol. The van der Waals surface area contributed by atoms with Crippen LogP contribution in [0.5, 0.6) is 0 Å². The molecule has 4 nitrogen and oxygen atoms in total. The predicted octanol–water partition coefficient (Wildman–Crippen LogP) is 1.75. The Labute approximate surface area is 94.5 Å². The normalized spacial score (nSPS) is 15.3. The molecule has 1 rings (SSSR count). The van der Waals surface area contributed by atoms with Crippen molar-refractivity contribution in [3.8, 4) is 0 Å². The zero-order valence-electron chi connectivity index (χ0n) is 9.02. The van der Waals surface area contributed by atoms with Gasteiger partial charge in [-0.05, 0) is 13.3 Å². The average molecular weight is 233 g/mol. The third kappa shape index (κ3) is 2.71. The van der Waals surface area contributed by atoms with Gasteiger partial charge in [-0.25, -0.2) is 0 Å². The fourth-order valence-corrected chi connectivity index (χ4v) is 1.81. The van der Waals surface area contributed by atoms with Gasteiger partial charge in [0.2, 0.25) is 0 Å². The van der Waals surface area contributed by atoms with Gasteiger partial charge >= 0.3 is 0 Å². The molecule has 0 aliphatic carbocycles. The second kappa shape index (κ2) is 5.49. The molecule has 0 radical (unpaired) electrons. The lowest BCUT2D eigenvalue weighted by molar-refractivity contribution is 0.00803. The molecular formula is C10H17ClN2O2. The van der Waals surface area contributed by atoms with Gasteiger partial charge in [-0.1, -0.05) is 24.9 Å². The van der Waals surface area contributed by atoms with Crippen LogP contribution in [0.25, 0.3) is 0 Å². The van der Waals surface area contributed by atoms with Crippen LogP contribution in [0.4, 0.5) is 0 Å². The van der Waals surface area contributed by atoms with E-state index in [1.165, 1.54) is 6.20 Å². The molecule has 0 saturated heterocycles. The van der Waals surface area contributed by atoms with Crippen molar-refractivity contribution in [3.63, 3.8) is 0 Å². The summed E-state index contributed by atoms with van der Waals surface area (Å²) in [7, 11) is 0. The Kier molecular flexibility index (Phi) is 4.57. The number of aliphatic hydroxyl groups excluding tert-OH is 2. The van der Waals surface area contributed by atoms with E-state index < -0.39 is 12.2 Å². The molecule has 1 aromatic rings. The van der Waals surface area contributed by atoms with Gasteiger partial charge < -0.3 is 10.2 Å². The maximum Gasteiger partial charge on any atom is 0.123 e. The van der Waals surface area contributed by atoms with Crippen molar-refractivity contribution in [2.24, 2.45) is 0 Å². The number of nitrogens with zero attached hydrogens (tertiary/aromatic N) is 2. The summed E-state index contributed by atoms with van der Waals surface area (Å²) in [5, 5.41) is 24.0. The van der Waals surface area contributed by atoms with Crippen LogP contribution < -0.4 is 0 Å². The lowest BCUT2D eigenvalue weighted by atomic mass is 10.1. The quantitative estimate of drug-likeness (QED) is 0.813. The second-order valence-corrected chi connectivity index (χ2v) is 3.90. The summed E-state index contributed by atoms with van der Waals surface area (Å²) in [5.41, 5.74) is 0.500. The number of rotatable bonds is 5. The Morgan fingerprint density at radius 1 is 1.47 bits per heavy atom. The molecule has 0 saturated carbocycles. The van der Waals surface area contributed by atoms with Gasteiger partial charge in [0.1, 0.15) is 6.10 Å². The van der Waals surface area contributed by atoms with E-state index in [2.05, 4.69) is 5.10 Å². The summed E-state index contributed by atoms with van der Waals surface area (Å²) >= 11 is 5.91. The van der Waals surface area contributed by atoms with Crippen LogP contribution in [-0.2, 0) is 6.54 Å². The molecule has 0 bridgehead atoms. The van der Waals surface area contributed by atoms with Gasteiger partial charge in [0.05, 0.1) is 23.0 Å². The highest BCUT2D eigenvalue weighted by Crippen LogP contribution is 2.26. The maximum absolute atomic E-state index is 9.91. The lowest BCUT2D eigenvalue weighted by Crippen LogP contribution is -2.21. The molecule has 0 amide bonds. The summed E-state index contributed by atoms with van der Waals surface area (Å²) in [5.74, 6) is 0. The molecule has 0 fully saturated rings. The first-order valence-corrected chi connectivity index (χ1v) is 5.56. The Balaban J connectivity index is 2.88. The van der Waals surface area contributed by atoms with E-state index in [4.69, 9.17) is 11.6 Å². The predicted molar refractivity (Wildman–Crippen MR) is 58.8 cm³/mol. The van der Waals surface area contributed by atoms with Crippen molar-refractivity contribution in [2.45, 2.75) is 45.4 Å². The van der Waals surface area contributed by atoms with Gasteiger partial charge in [0, 0.05) is 6.54 Å². The number of aliphatic hydroxyl groups is 2. The molecule has 86 valence electrons. The van der Waals surface area contributed by atoms with E-state index in [0.717, 1.165) is 6.42 Å². The van der Waals surface area contributed by atoms with Crippen molar-refractivity contribution in [3.05, 3.63) is 16.9 Å². The molecule has 2 atom stereocenters. The molecule has 0 aliphatic rings. The first-order valence-electron chi connectivity index (χ1n) is 5.19. The van der Waals surface area contributed by atoms with E-state index in [1.54, 1.807) is 4.68 Å². The van der Waals surface area contributed by atoms with Gasteiger partial charge in [0.25, 0.3) is 0 Å². The Hall–Kier alpha value is -0.580. The van der Waals surface area contributed by atoms with Crippen LogP contribution in [0.1, 0.15) is 38.5 Å². The first kappa shape index (κ1) is 12.5. The molecule has 15 heavy (non-hydrogen) atoms. The van der Waals surface area contributed by atoms with Gasteiger partial charge in [-0.15, -0.1) is 0 Å². The largest absolute Gasteiger partial charge is 0.390 e. The van der Waals surface area contributed by atoms with E-state index in [1.807, 2.05) is 13.8 Å². The van der Waals surface area contributed by atoms with Gasteiger partial charge in [-0.2, -0.15) is 5.10 Å². The Morgan fingerprint density at radius 2 is 2.13 bits per heavy atom.